The van der Waals surface area contributed by atoms with E-state index in [4.69, 9.17) is 14.4 Å². The minimum absolute atomic E-state index is 0. The van der Waals surface area contributed by atoms with Crippen LogP contribution in [0, 0.1) is 6.08 Å². The largest absolute Gasteiger partial charge is 4.00 e. The van der Waals surface area contributed by atoms with E-state index >= 15 is 0 Å². The van der Waals surface area contributed by atoms with Crippen LogP contribution in [-0.2, 0) is 33.9 Å². The van der Waals surface area contributed by atoms with Crippen molar-refractivity contribution < 1.29 is 33.9 Å². The summed E-state index contributed by atoms with van der Waals surface area (Å²) in [5.41, 5.74) is 0. The van der Waals surface area contributed by atoms with E-state index in [0.717, 1.165) is 6.42 Å². The van der Waals surface area contributed by atoms with Gasteiger partial charge in [0, 0.05) is 0 Å². The fraction of sp³-hybridized carbons (Fsp3) is 0.364. The molecule has 84 valence electrons. The maximum atomic E-state index is 7.75. The van der Waals surface area contributed by atoms with Crippen molar-refractivity contribution in [3.8, 4) is 0 Å². The van der Waals surface area contributed by atoms with Gasteiger partial charge in [-0.15, -0.1) is 6.42 Å². The minimum atomic E-state index is 0. The second-order valence-corrected chi connectivity index (χ2v) is 2.04. The van der Waals surface area contributed by atoms with E-state index in [0.29, 0.717) is 0 Å². The van der Waals surface area contributed by atoms with Gasteiger partial charge in [0.2, 0.25) is 0 Å². The number of allylic oxidation sites excluding steroid dienone is 4. The quantitative estimate of drug-likeness (QED) is 0.388. The summed E-state index contributed by atoms with van der Waals surface area (Å²) >= 11 is 0. The fourth-order valence-corrected chi connectivity index (χ4v) is 0.805. The molecule has 1 aliphatic carbocycles. The number of hydrogen-bond donors (Lipinski definition) is 0. The van der Waals surface area contributed by atoms with Gasteiger partial charge < -0.3 is 14.4 Å². The Morgan fingerprint density at radius 1 is 0.933 bits per heavy atom. The number of rotatable bonds is 0. The third-order valence-electron chi connectivity index (χ3n) is 1.29. The molecule has 15 heavy (non-hydrogen) atoms. The molecule has 0 bridgehead atoms. The first kappa shape index (κ1) is 23.7. The number of hydrogen-bond acceptors (Lipinski definition) is 3. The molecule has 0 aromatic carbocycles. The first-order valence-electron chi connectivity index (χ1n) is 3.92. The van der Waals surface area contributed by atoms with Crippen molar-refractivity contribution in [3.05, 3.63) is 24.3 Å². The molecule has 1 aliphatic rings. The summed E-state index contributed by atoms with van der Waals surface area (Å²) < 4.78 is 0. The summed E-state index contributed by atoms with van der Waals surface area (Å²) in [6.07, 6.45) is 14.5. The van der Waals surface area contributed by atoms with E-state index in [2.05, 4.69) is 38.6 Å². The molecule has 3 nitrogen and oxygen atoms in total. The normalized spacial score (nSPS) is 11.5. The summed E-state index contributed by atoms with van der Waals surface area (Å²) in [5, 5.41) is 0. The zero-order valence-electron chi connectivity index (χ0n) is 8.37. The molecule has 0 N–H and O–H groups in total. The SMILES string of the molecule is [C-]1=CC=CCCCC1.[CH-]=O.[CH-]=O.[CH-]=O.[Ru+4]. The van der Waals surface area contributed by atoms with Crippen LogP contribution >= 0.6 is 0 Å². The molecule has 0 amide bonds. The van der Waals surface area contributed by atoms with Crippen LogP contribution in [0.15, 0.2) is 18.2 Å². The van der Waals surface area contributed by atoms with E-state index in [9.17, 15) is 0 Å². The Balaban J connectivity index is -0.0000000755. The van der Waals surface area contributed by atoms with Crippen molar-refractivity contribution in [2.45, 2.75) is 25.7 Å². The van der Waals surface area contributed by atoms with E-state index in [1.165, 1.54) is 19.3 Å². The third kappa shape index (κ3) is 32.0. The van der Waals surface area contributed by atoms with Crippen LogP contribution < -0.4 is 0 Å². The molecule has 0 saturated carbocycles. The number of carbonyl (C=O) groups excluding carboxylic acids is 3. The van der Waals surface area contributed by atoms with Crippen LogP contribution in [0.1, 0.15) is 25.7 Å². The molecule has 0 fully saturated rings. The first-order chi connectivity index (χ1) is 7.00. The third-order valence-corrected chi connectivity index (χ3v) is 1.29. The second kappa shape index (κ2) is 38.0. The van der Waals surface area contributed by atoms with Crippen molar-refractivity contribution in [2.24, 2.45) is 0 Å². The van der Waals surface area contributed by atoms with Crippen LogP contribution in [0.4, 0.5) is 0 Å². The van der Waals surface area contributed by atoms with E-state index < -0.39 is 0 Å². The topological polar surface area (TPSA) is 51.2 Å². The molecular formula is C11H14O3Ru. The van der Waals surface area contributed by atoms with Crippen molar-refractivity contribution in [3.63, 3.8) is 0 Å². The van der Waals surface area contributed by atoms with E-state index in [1.54, 1.807) is 0 Å². The van der Waals surface area contributed by atoms with Gasteiger partial charge in [0.05, 0.1) is 0 Å². The molecule has 0 spiro atoms. The first-order valence-corrected chi connectivity index (χ1v) is 3.92. The van der Waals surface area contributed by atoms with Crippen molar-refractivity contribution in [1.82, 2.24) is 0 Å². The maximum absolute atomic E-state index is 7.75. The molecule has 0 aromatic heterocycles. The van der Waals surface area contributed by atoms with Crippen molar-refractivity contribution in [1.29, 1.82) is 0 Å². The fourth-order valence-electron chi connectivity index (χ4n) is 0.805. The molecule has 0 aromatic rings. The van der Waals surface area contributed by atoms with Crippen LogP contribution in [0.5, 0.6) is 0 Å². The van der Waals surface area contributed by atoms with Crippen LogP contribution in [-0.4, -0.2) is 20.4 Å². The van der Waals surface area contributed by atoms with Crippen LogP contribution in [0.25, 0.3) is 0 Å². The molecule has 0 atom stereocenters. The van der Waals surface area contributed by atoms with Gasteiger partial charge in [0.25, 0.3) is 0 Å². The predicted octanol–water partition coefficient (Wildman–Crippen LogP) is 1.65. The molecule has 0 saturated heterocycles. The van der Waals surface area contributed by atoms with Crippen LogP contribution in [0.3, 0.4) is 0 Å². The van der Waals surface area contributed by atoms with Gasteiger partial charge in [-0.3, -0.25) is 26.4 Å². The Kier molecular flexibility index (Phi) is 60.2. The van der Waals surface area contributed by atoms with E-state index in [1.807, 2.05) is 6.08 Å². The molecule has 0 radical (unpaired) electrons. The predicted molar refractivity (Wildman–Crippen MR) is 55.7 cm³/mol. The Bertz CT molecular complexity index is 128. The Labute approximate surface area is 104 Å². The average molecular weight is 295 g/mol. The van der Waals surface area contributed by atoms with Crippen molar-refractivity contribution >= 4 is 20.4 Å². The molecule has 1 rings (SSSR count). The molecule has 0 aliphatic heterocycles. The Morgan fingerprint density at radius 3 is 2.00 bits per heavy atom. The van der Waals surface area contributed by atoms with Gasteiger partial charge in [0.15, 0.2) is 0 Å². The van der Waals surface area contributed by atoms with Crippen LogP contribution in [0.2, 0.25) is 0 Å². The van der Waals surface area contributed by atoms with Gasteiger partial charge >= 0.3 is 19.5 Å². The van der Waals surface area contributed by atoms with Gasteiger partial charge in [-0.1, -0.05) is 19.3 Å². The molecule has 0 unspecified atom stereocenters. The zero-order valence-corrected chi connectivity index (χ0v) is 10.1. The maximum Gasteiger partial charge on any atom is 4.00 e. The monoisotopic (exact) mass is 296 g/mol. The van der Waals surface area contributed by atoms with Gasteiger partial charge in [-0.05, 0) is 0 Å². The summed E-state index contributed by atoms with van der Waals surface area (Å²) in [5.74, 6) is 0. The average Bonchev–Trinajstić information content (AvgIpc) is 2.26. The Morgan fingerprint density at radius 2 is 1.47 bits per heavy atom. The standard InChI is InChI=1S/C8H11.3CHO.Ru/c1-2-4-6-8-7-5-3-1;3*1-2;/h1-3H,4,6-8H2;3*1H;/q4*-1;+4. The van der Waals surface area contributed by atoms with E-state index in [-0.39, 0.29) is 19.5 Å². The summed E-state index contributed by atoms with van der Waals surface area (Å²) in [6.45, 7) is 9.75. The van der Waals surface area contributed by atoms with Gasteiger partial charge in [-0.2, -0.15) is 6.08 Å². The van der Waals surface area contributed by atoms with Gasteiger partial charge in [0.1, 0.15) is 0 Å². The van der Waals surface area contributed by atoms with Crippen molar-refractivity contribution in [2.75, 3.05) is 0 Å². The second-order valence-electron chi connectivity index (χ2n) is 2.04. The molecule has 0 heterocycles. The molecular weight excluding hydrogens is 281 g/mol. The summed E-state index contributed by atoms with van der Waals surface area (Å²) in [7, 11) is 0. The molecule has 4 heteroatoms. The smallest absolute Gasteiger partial charge is 0.545 e. The Hall–Kier alpha value is -0.887. The summed E-state index contributed by atoms with van der Waals surface area (Å²) in [6, 6.07) is 0. The zero-order chi connectivity index (χ0) is 11.7. The summed E-state index contributed by atoms with van der Waals surface area (Å²) in [4.78, 5) is 23.2. The van der Waals surface area contributed by atoms with Gasteiger partial charge in [-0.25, -0.2) is 12.2 Å². The minimum Gasteiger partial charge on any atom is -0.545 e.